The molecule has 25 heavy (non-hydrogen) atoms. The number of para-hydroxylation sites is 1. The van der Waals surface area contributed by atoms with Gasteiger partial charge in [-0.1, -0.05) is 35.3 Å². The van der Waals surface area contributed by atoms with Gasteiger partial charge in [-0.25, -0.2) is 4.79 Å². The van der Waals surface area contributed by atoms with Crippen molar-refractivity contribution in [1.82, 2.24) is 0 Å². The Labute approximate surface area is 158 Å². The molecule has 0 spiro atoms. The standard InChI is InChI=1S/C17H12Cl2N2O3S/c18-11-5-6-12(13(19)9-11)17(23)24-10-16(22)21-14-3-1-2-4-15(14)25-8-7-20/h1-6,9H,8,10H2,(H,21,22). The maximum Gasteiger partial charge on any atom is 0.340 e. The highest BCUT2D eigenvalue weighted by Gasteiger charge is 2.15. The smallest absolute Gasteiger partial charge is 0.340 e. The van der Waals surface area contributed by atoms with E-state index in [9.17, 15) is 9.59 Å². The van der Waals surface area contributed by atoms with Crippen LogP contribution < -0.4 is 5.32 Å². The molecule has 0 saturated heterocycles. The Morgan fingerprint density at radius 3 is 2.68 bits per heavy atom. The van der Waals surface area contributed by atoms with Gasteiger partial charge in [0.25, 0.3) is 5.91 Å². The number of thioether (sulfide) groups is 1. The first-order chi connectivity index (χ1) is 12.0. The van der Waals surface area contributed by atoms with Crippen LogP contribution in [0.4, 0.5) is 5.69 Å². The average molecular weight is 395 g/mol. The van der Waals surface area contributed by atoms with Crippen molar-refractivity contribution in [3.63, 3.8) is 0 Å². The lowest BCUT2D eigenvalue weighted by Gasteiger charge is -2.10. The number of anilines is 1. The molecule has 2 aromatic carbocycles. The van der Waals surface area contributed by atoms with E-state index >= 15 is 0 Å². The zero-order valence-electron chi connectivity index (χ0n) is 12.8. The number of nitrogens with one attached hydrogen (secondary N) is 1. The van der Waals surface area contributed by atoms with Crippen LogP contribution in [0, 0.1) is 11.3 Å². The second-order valence-electron chi connectivity index (χ2n) is 4.69. The zero-order chi connectivity index (χ0) is 18.2. The van der Waals surface area contributed by atoms with Crippen molar-refractivity contribution in [2.45, 2.75) is 4.90 Å². The minimum absolute atomic E-state index is 0.129. The molecule has 2 rings (SSSR count). The van der Waals surface area contributed by atoms with Crippen LogP contribution in [0.5, 0.6) is 0 Å². The molecule has 0 bridgehead atoms. The summed E-state index contributed by atoms with van der Waals surface area (Å²) in [5.74, 6) is -0.955. The molecule has 0 aliphatic rings. The molecular weight excluding hydrogens is 383 g/mol. The van der Waals surface area contributed by atoms with Gasteiger partial charge in [0, 0.05) is 9.92 Å². The van der Waals surface area contributed by atoms with Gasteiger partial charge in [0.05, 0.1) is 28.1 Å². The molecule has 0 fully saturated rings. The van der Waals surface area contributed by atoms with E-state index in [0.717, 1.165) is 4.90 Å². The van der Waals surface area contributed by atoms with Crippen LogP contribution in [0.25, 0.3) is 0 Å². The van der Waals surface area contributed by atoms with E-state index in [2.05, 4.69) is 5.32 Å². The van der Waals surface area contributed by atoms with Gasteiger partial charge in [-0.3, -0.25) is 4.79 Å². The first-order valence-electron chi connectivity index (χ1n) is 7.02. The van der Waals surface area contributed by atoms with Gasteiger partial charge in [0.2, 0.25) is 0 Å². The number of hydrogen-bond donors (Lipinski definition) is 1. The maximum atomic E-state index is 12.0. The quantitative estimate of drug-likeness (QED) is 0.579. The fraction of sp³-hybridized carbons (Fsp3) is 0.118. The van der Waals surface area contributed by atoms with Crippen LogP contribution in [-0.2, 0) is 9.53 Å². The molecule has 0 radical (unpaired) electrons. The molecule has 2 aromatic rings. The van der Waals surface area contributed by atoms with Gasteiger partial charge >= 0.3 is 5.97 Å². The van der Waals surface area contributed by atoms with Gasteiger partial charge in [0.1, 0.15) is 0 Å². The SMILES string of the molecule is N#CCSc1ccccc1NC(=O)COC(=O)c1ccc(Cl)cc1Cl. The number of nitriles is 1. The van der Waals surface area contributed by atoms with Crippen LogP contribution in [0.15, 0.2) is 47.4 Å². The predicted octanol–water partition coefficient (Wildman–Crippen LogP) is 4.40. The molecule has 8 heteroatoms. The predicted molar refractivity (Wildman–Crippen MR) is 98.2 cm³/mol. The summed E-state index contributed by atoms with van der Waals surface area (Å²) in [6.07, 6.45) is 0. The number of benzene rings is 2. The van der Waals surface area contributed by atoms with Crippen molar-refractivity contribution < 1.29 is 14.3 Å². The van der Waals surface area contributed by atoms with E-state index < -0.39 is 18.5 Å². The molecule has 0 aliphatic carbocycles. The summed E-state index contributed by atoms with van der Waals surface area (Å²) >= 11 is 13.0. The number of carbonyl (C=O) groups is 2. The summed E-state index contributed by atoms with van der Waals surface area (Å²) in [7, 11) is 0. The summed E-state index contributed by atoms with van der Waals surface area (Å²) in [4.78, 5) is 24.7. The van der Waals surface area contributed by atoms with E-state index in [-0.39, 0.29) is 16.3 Å². The molecule has 0 saturated carbocycles. The third kappa shape index (κ3) is 5.68. The molecule has 0 unspecified atom stereocenters. The van der Waals surface area contributed by atoms with Crippen molar-refractivity contribution in [3.8, 4) is 6.07 Å². The molecule has 0 heterocycles. The molecule has 1 amide bonds. The van der Waals surface area contributed by atoms with Crippen LogP contribution in [0.2, 0.25) is 10.0 Å². The van der Waals surface area contributed by atoms with Gasteiger partial charge in [-0.15, -0.1) is 11.8 Å². The number of hydrogen-bond acceptors (Lipinski definition) is 5. The highest BCUT2D eigenvalue weighted by molar-refractivity contribution is 7.99. The minimum Gasteiger partial charge on any atom is -0.452 e. The van der Waals surface area contributed by atoms with Gasteiger partial charge < -0.3 is 10.1 Å². The van der Waals surface area contributed by atoms with Gasteiger partial charge in [0.15, 0.2) is 6.61 Å². The first kappa shape index (κ1) is 19.1. The van der Waals surface area contributed by atoms with E-state index in [0.29, 0.717) is 10.7 Å². The Balaban J connectivity index is 1.95. The third-order valence-electron chi connectivity index (χ3n) is 2.94. The highest BCUT2D eigenvalue weighted by Crippen LogP contribution is 2.26. The number of nitrogens with zero attached hydrogens (tertiary/aromatic N) is 1. The van der Waals surface area contributed by atoms with Crippen molar-refractivity contribution >= 4 is 52.5 Å². The average Bonchev–Trinajstić information content (AvgIpc) is 2.59. The summed E-state index contributed by atoms with van der Waals surface area (Å²) in [6.45, 7) is -0.463. The molecule has 0 aliphatic heterocycles. The number of carbonyl (C=O) groups excluding carboxylic acids is 2. The lowest BCUT2D eigenvalue weighted by atomic mass is 10.2. The van der Waals surface area contributed by atoms with Gasteiger partial charge in [-0.05, 0) is 30.3 Å². The lowest BCUT2D eigenvalue weighted by molar-refractivity contribution is -0.119. The lowest BCUT2D eigenvalue weighted by Crippen LogP contribution is -2.21. The summed E-state index contributed by atoms with van der Waals surface area (Å²) in [5, 5.41) is 11.9. The van der Waals surface area contributed by atoms with E-state index in [1.165, 1.54) is 30.0 Å². The van der Waals surface area contributed by atoms with Crippen molar-refractivity contribution in [1.29, 1.82) is 5.26 Å². The zero-order valence-corrected chi connectivity index (χ0v) is 15.1. The monoisotopic (exact) mass is 394 g/mol. The molecule has 128 valence electrons. The number of halogens is 2. The van der Waals surface area contributed by atoms with Crippen LogP contribution >= 0.6 is 35.0 Å². The molecule has 1 N–H and O–H groups in total. The number of ether oxygens (including phenoxy) is 1. The summed E-state index contributed by atoms with van der Waals surface area (Å²) in [5.41, 5.74) is 0.678. The summed E-state index contributed by atoms with van der Waals surface area (Å²) < 4.78 is 4.97. The minimum atomic E-state index is -0.719. The van der Waals surface area contributed by atoms with Crippen LogP contribution in [0.1, 0.15) is 10.4 Å². The Bertz CT molecular complexity index is 837. The molecular formula is C17H12Cl2N2O3S. The topological polar surface area (TPSA) is 79.2 Å². The van der Waals surface area contributed by atoms with E-state index in [1.54, 1.807) is 24.3 Å². The second kappa shape index (κ2) is 9.33. The maximum absolute atomic E-state index is 12.0. The van der Waals surface area contributed by atoms with Crippen molar-refractivity contribution in [2.75, 3.05) is 17.7 Å². The first-order valence-corrected chi connectivity index (χ1v) is 8.76. The van der Waals surface area contributed by atoms with Crippen LogP contribution in [0.3, 0.4) is 0 Å². The third-order valence-corrected chi connectivity index (χ3v) is 4.43. The summed E-state index contributed by atoms with van der Waals surface area (Å²) in [6, 6.07) is 13.4. The normalized spacial score (nSPS) is 9.96. The number of esters is 1. The Morgan fingerprint density at radius 1 is 1.20 bits per heavy atom. The molecule has 5 nitrogen and oxygen atoms in total. The molecule has 0 aromatic heterocycles. The molecule has 0 atom stereocenters. The fourth-order valence-corrected chi connectivity index (χ4v) is 3.01. The van der Waals surface area contributed by atoms with Crippen LogP contribution in [-0.4, -0.2) is 24.2 Å². The largest absolute Gasteiger partial charge is 0.452 e. The second-order valence-corrected chi connectivity index (χ2v) is 6.55. The number of amides is 1. The van der Waals surface area contributed by atoms with E-state index in [1.807, 2.05) is 6.07 Å². The fourth-order valence-electron chi connectivity index (χ4n) is 1.86. The van der Waals surface area contributed by atoms with Crippen molar-refractivity contribution in [2.24, 2.45) is 0 Å². The van der Waals surface area contributed by atoms with Crippen molar-refractivity contribution in [3.05, 3.63) is 58.1 Å². The van der Waals surface area contributed by atoms with Gasteiger partial charge in [-0.2, -0.15) is 5.26 Å². The van der Waals surface area contributed by atoms with E-state index in [4.69, 9.17) is 33.2 Å². The number of rotatable bonds is 6. The Hall–Kier alpha value is -2.20. The Kier molecular flexibility index (Phi) is 7.14. The highest BCUT2D eigenvalue weighted by atomic mass is 35.5. The Morgan fingerprint density at radius 2 is 1.96 bits per heavy atom.